The number of aryl methyl sites for hydroxylation is 1. The minimum atomic E-state index is -0.152. The molecule has 2 amide bonds. The molecule has 2 saturated heterocycles. The lowest BCUT2D eigenvalue weighted by Gasteiger charge is -2.44. The van der Waals surface area contributed by atoms with Crippen LogP contribution < -0.4 is 0 Å². The first-order valence-electron chi connectivity index (χ1n) is 10.9. The van der Waals surface area contributed by atoms with Crippen LogP contribution in [0.25, 0.3) is 0 Å². The first-order chi connectivity index (χ1) is 14.6. The van der Waals surface area contributed by atoms with Crippen molar-refractivity contribution in [2.45, 2.75) is 37.0 Å². The van der Waals surface area contributed by atoms with Gasteiger partial charge in [0, 0.05) is 36.9 Å². The molecule has 5 rings (SSSR count). The number of nitrogens with zero attached hydrogens (tertiary/aromatic N) is 2. The van der Waals surface area contributed by atoms with Crippen molar-refractivity contribution in [2.24, 2.45) is 5.92 Å². The third-order valence-electron chi connectivity index (χ3n) is 6.91. The summed E-state index contributed by atoms with van der Waals surface area (Å²) >= 11 is 1.90. The summed E-state index contributed by atoms with van der Waals surface area (Å²) in [6.45, 7) is 4.34. The van der Waals surface area contributed by atoms with E-state index in [1.807, 2.05) is 53.9 Å². The van der Waals surface area contributed by atoms with Crippen molar-refractivity contribution in [1.82, 2.24) is 9.80 Å². The van der Waals surface area contributed by atoms with Gasteiger partial charge in [0.2, 0.25) is 5.91 Å². The number of carbonyl (C=O) groups is 2. The van der Waals surface area contributed by atoms with E-state index < -0.39 is 0 Å². The zero-order valence-corrected chi connectivity index (χ0v) is 18.2. The second-order valence-electron chi connectivity index (χ2n) is 8.80. The van der Waals surface area contributed by atoms with E-state index >= 15 is 0 Å². The van der Waals surface area contributed by atoms with Gasteiger partial charge in [-0.1, -0.05) is 48.0 Å². The Hall–Kier alpha value is -2.27. The zero-order chi connectivity index (χ0) is 20.7. The van der Waals surface area contributed by atoms with Crippen molar-refractivity contribution in [3.63, 3.8) is 0 Å². The van der Waals surface area contributed by atoms with Crippen molar-refractivity contribution < 1.29 is 9.59 Å². The number of thioether (sulfide) groups is 1. The predicted octanol–water partition coefficient (Wildman–Crippen LogP) is 4.31. The summed E-state index contributed by atoms with van der Waals surface area (Å²) in [6.07, 6.45) is 2.70. The Morgan fingerprint density at radius 2 is 1.67 bits per heavy atom. The van der Waals surface area contributed by atoms with Gasteiger partial charge in [-0.25, -0.2) is 0 Å². The van der Waals surface area contributed by atoms with Crippen molar-refractivity contribution in [3.8, 4) is 0 Å². The number of rotatable bonds is 3. The van der Waals surface area contributed by atoms with Crippen LogP contribution in [0.15, 0.2) is 54.6 Å². The van der Waals surface area contributed by atoms with Gasteiger partial charge >= 0.3 is 0 Å². The number of hydrogen-bond acceptors (Lipinski definition) is 3. The molecule has 156 valence electrons. The summed E-state index contributed by atoms with van der Waals surface area (Å²) < 4.78 is 0. The molecule has 2 aromatic carbocycles. The van der Waals surface area contributed by atoms with Crippen molar-refractivity contribution in [2.75, 3.05) is 25.4 Å². The van der Waals surface area contributed by atoms with Crippen LogP contribution in [0.1, 0.15) is 46.7 Å². The number of carbonyl (C=O) groups excluding carboxylic acids is 2. The Balaban J connectivity index is 1.23. The zero-order valence-electron chi connectivity index (χ0n) is 17.4. The quantitative estimate of drug-likeness (QED) is 0.743. The molecule has 2 aliphatic heterocycles. The van der Waals surface area contributed by atoms with Crippen LogP contribution in [0, 0.1) is 12.8 Å². The number of benzene rings is 2. The average Bonchev–Trinajstić information content (AvgIpc) is 3.49. The number of amides is 2. The number of hydrogen-bond donors (Lipinski definition) is 0. The highest BCUT2D eigenvalue weighted by Gasteiger charge is 2.50. The van der Waals surface area contributed by atoms with Crippen LogP contribution in [0.5, 0.6) is 0 Å². The van der Waals surface area contributed by atoms with Gasteiger partial charge in [0.25, 0.3) is 5.91 Å². The smallest absolute Gasteiger partial charge is 0.254 e. The first-order valence-corrected chi connectivity index (χ1v) is 11.9. The van der Waals surface area contributed by atoms with Crippen LogP contribution >= 0.6 is 11.8 Å². The Morgan fingerprint density at radius 3 is 2.37 bits per heavy atom. The third kappa shape index (κ3) is 3.53. The van der Waals surface area contributed by atoms with E-state index in [0.29, 0.717) is 11.8 Å². The fourth-order valence-corrected chi connectivity index (χ4v) is 6.46. The molecule has 0 aromatic heterocycles. The highest BCUT2D eigenvalue weighted by atomic mass is 32.2. The summed E-state index contributed by atoms with van der Waals surface area (Å²) in [6, 6.07) is 18.3. The molecule has 4 nitrogen and oxygen atoms in total. The summed E-state index contributed by atoms with van der Waals surface area (Å²) in [5, 5.41) is 0. The Bertz CT molecular complexity index is 935. The molecular weight excluding hydrogens is 392 g/mol. The van der Waals surface area contributed by atoms with Gasteiger partial charge in [0.1, 0.15) is 0 Å². The Labute approximate surface area is 182 Å². The molecule has 2 aromatic rings. The highest BCUT2D eigenvalue weighted by Crippen LogP contribution is 2.50. The second-order valence-corrected chi connectivity index (χ2v) is 10.3. The van der Waals surface area contributed by atoms with E-state index in [2.05, 4.69) is 29.2 Å². The molecule has 1 spiro atoms. The lowest BCUT2D eigenvalue weighted by Crippen LogP contribution is -2.53. The summed E-state index contributed by atoms with van der Waals surface area (Å²) in [5.74, 6) is 1.94. The van der Waals surface area contributed by atoms with Crippen molar-refractivity contribution in [3.05, 3.63) is 71.3 Å². The number of piperidine rings is 1. The Kier molecular flexibility index (Phi) is 5.10. The van der Waals surface area contributed by atoms with Crippen molar-refractivity contribution >= 4 is 23.6 Å². The summed E-state index contributed by atoms with van der Waals surface area (Å²) in [7, 11) is 0. The van der Waals surface area contributed by atoms with Gasteiger partial charge in [-0.2, -0.15) is 0 Å². The normalized spacial score (nSPS) is 24.8. The van der Waals surface area contributed by atoms with Crippen molar-refractivity contribution in [1.29, 1.82) is 0 Å². The molecule has 2 heterocycles. The van der Waals surface area contributed by atoms with Crippen LogP contribution in [-0.4, -0.2) is 51.9 Å². The molecule has 3 fully saturated rings. The average molecular weight is 421 g/mol. The predicted molar refractivity (Wildman–Crippen MR) is 121 cm³/mol. The minimum absolute atomic E-state index is 0.131. The van der Waals surface area contributed by atoms with Crippen LogP contribution in [0.3, 0.4) is 0 Å². The summed E-state index contributed by atoms with van der Waals surface area (Å²) in [5.41, 5.74) is 3.22. The third-order valence-corrected chi connectivity index (χ3v) is 8.47. The molecule has 1 saturated carbocycles. The fourth-order valence-electron chi connectivity index (χ4n) is 5.01. The topological polar surface area (TPSA) is 40.6 Å². The lowest BCUT2D eigenvalue weighted by molar-refractivity contribution is -0.134. The van der Waals surface area contributed by atoms with E-state index in [1.165, 1.54) is 5.56 Å². The van der Waals surface area contributed by atoms with Gasteiger partial charge in [0.15, 0.2) is 0 Å². The standard InChI is InChI=1S/C25H28N2O2S/c1-18-7-9-20(10-8-18)23(28)27-15-16-30-25(27)11-13-26(14-12-25)24(29)22-17-21(22)19-5-3-2-4-6-19/h2-10,21-22H,11-17H2,1H3. The van der Waals surface area contributed by atoms with E-state index in [-0.39, 0.29) is 16.7 Å². The Morgan fingerprint density at radius 1 is 0.967 bits per heavy atom. The second kappa shape index (κ2) is 7.77. The molecule has 5 heteroatoms. The first kappa shape index (κ1) is 19.7. The highest BCUT2D eigenvalue weighted by molar-refractivity contribution is 8.00. The largest absolute Gasteiger partial charge is 0.342 e. The van der Waals surface area contributed by atoms with E-state index in [4.69, 9.17) is 0 Å². The molecule has 0 bridgehead atoms. The van der Waals surface area contributed by atoms with Gasteiger partial charge in [0.05, 0.1) is 4.87 Å². The van der Waals surface area contributed by atoms with Gasteiger partial charge in [-0.3, -0.25) is 9.59 Å². The maximum absolute atomic E-state index is 13.2. The molecule has 0 radical (unpaired) electrons. The van der Waals surface area contributed by atoms with E-state index in [0.717, 1.165) is 55.8 Å². The van der Waals surface area contributed by atoms with Crippen LogP contribution in [0.2, 0.25) is 0 Å². The molecular formula is C25H28N2O2S. The molecule has 30 heavy (non-hydrogen) atoms. The van der Waals surface area contributed by atoms with Gasteiger partial charge < -0.3 is 9.80 Å². The molecule has 2 unspecified atom stereocenters. The fraction of sp³-hybridized carbons (Fsp3) is 0.440. The molecule has 1 aliphatic carbocycles. The maximum atomic E-state index is 13.2. The molecule has 3 aliphatic rings. The van der Waals surface area contributed by atoms with E-state index in [1.54, 1.807) is 0 Å². The van der Waals surface area contributed by atoms with Gasteiger partial charge in [-0.05, 0) is 49.8 Å². The van der Waals surface area contributed by atoms with Crippen LogP contribution in [-0.2, 0) is 4.79 Å². The summed E-state index contributed by atoms with van der Waals surface area (Å²) in [4.78, 5) is 30.2. The van der Waals surface area contributed by atoms with Crippen LogP contribution in [0.4, 0.5) is 0 Å². The van der Waals surface area contributed by atoms with Gasteiger partial charge in [-0.15, -0.1) is 11.8 Å². The molecule has 2 atom stereocenters. The maximum Gasteiger partial charge on any atom is 0.254 e. The lowest BCUT2D eigenvalue weighted by atomic mass is 10.00. The number of likely N-dealkylation sites (tertiary alicyclic amines) is 1. The van der Waals surface area contributed by atoms with E-state index in [9.17, 15) is 9.59 Å². The minimum Gasteiger partial charge on any atom is -0.342 e. The monoisotopic (exact) mass is 420 g/mol. The molecule has 0 N–H and O–H groups in total. The SMILES string of the molecule is Cc1ccc(C(=O)N2CCSC23CCN(C(=O)C2CC2c2ccccc2)CC3)cc1.